The van der Waals surface area contributed by atoms with Crippen LogP contribution in [0.2, 0.25) is 0 Å². The summed E-state index contributed by atoms with van der Waals surface area (Å²) in [6.07, 6.45) is 1.95. The van der Waals surface area contributed by atoms with Crippen molar-refractivity contribution in [1.82, 2.24) is 9.97 Å². The molecule has 4 heteroatoms. The zero-order chi connectivity index (χ0) is 8.97. The first-order chi connectivity index (χ1) is 5.76. The van der Waals surface area contributed by atoms with Gasteiger partial charge in [-0.2, -0.15) is 5.26 Å². The molecule has 3 nitrogen and oxygen atoms in total. The molecule has 0 atom stereocenters. The average molecular weight is 273 g/mol. The molecule has 0 saturated carbocycles. The molecule has 62 valence electrons. The Morgan fingerprint density at radius 3 is 2.92 bits per heavy atom. The van der Waals surface area contributed by atoms with E-state index in [4.69, 9.17) is 5.26 Å². The Morgan fingerprint density at radius 2 is 2.33 bits per heavy atom. The van der Waals surface area contributed by atoms with E-state index >= 15 is 0 Å². The van der Waals surface area contributed by atoms with Crippen LogP contribution in [0.4, 0.5) is 0 Å². The molecule has 0 fully saturated rings. The third kappa shape index (κ3) is 2.41. The summed E-state index contributed by atoms with van der Waals surface area (Å²) in [5.41, 5.74) is 0.952. The van der Waals surface area contributed by atoms with E-state index < -0.39 is 0 Å². The predicted octanol–water partition coefficient (Wildman–Crippen LogP) is 1.91. The number of hydrogen-bond donors (Lipinski definition) is 0. The molecule has 0 aliphatic rings. The molecular formula is C8H8IN3. The van der Waals surface area contributed by atoms with Crippen molar-refractivity contribution in [3.63, 3.8) is 0 Å². The molecule has 0 amide bonds. The van der Waals surface area contributed by atoms with Gasteiger partial charge in [0, 0.05) is 5.69 Å². The molecule has 0 unspecified atom stereocenters. The average Bonchev–Trinajstić information content (AvgIpc) is 2.04. The van der Waals surface area contributed by atoms with Crippen LogP contribution in [0.15, 0.2) is 6.07 Å². The van der Waals surface area contributed by atoms with Crippen LogP contribution in [-0.2, 0) is 6.42 Å². The number of aromatic nitrogens is 2. The van der Waals surface area contributed by atoms with Crippen molar-refractivity contribution in [3.05, 3.63) is 21.3 Å². The molecule has 0 spiro atoms. The van der Waals surface area contributed by atoms with E-state index in [2.05, 4.69) is 39.5 Å². The second-order valence-corrected chi connectivity index (χ2v) is 3.47. The van der Waals surface area contributed by atoms with Gasteiger partial charge in [0.1, 0.15) is 9.77 Å². The van der Waals surface area contributed by atoms with E-state index in [9.17, 15) is 0 Å². The van der Waals surface area contributed by atoms with Crippen LogP contribution in [0, 0.1) is 15.0 Å². The minimum atomic E-state index is 0.269. The van der Waals surface area contributed by atoms with Gasteiger partial charge in [-0.25, -0.2) is 9.97 Å². The molecule has 1 aromatic rings. The fourth-order valence-corrected chi connectivity index (χ4v) is 1.49. The lowest BCUT2D eigenvalue weighted by atomic mass is 10.2. The summed E-state index contributed by atoms with van der Waals surface area (Å²) in [6.45, 7) is 2.08. The Labute approximate surface area is 85.0 Å². The summed E-state index contributed by atoms with van der Waals surface area (Å²) < 4.78 is 0.836. The highest BCUT2D eigenvalue weighted by Crippen LogP contribution is 2.05. The van der Waals surface area contributed by atoms with Crippen molar-refractivity contribution in [3.8, 4) is 6.07 Å². The van der Waals surface area contributed by atoms with Crippen LogP contribution in [0.25, 0.3) is 0 Å². The monoisotopic (exact) mass is 273 g/mol. The lowest BCUT2D eigenvalue weighted by molar-refractivity contribution is 0.861. The number of rotatable bonds is 2. The van der Waals surface area contributed by atoms with Gasteiger partial charge >= 0.3 is 0 Å². The molecule has 0 aliphatic carbocycles. The maximum Gasteiger partial charge on any atom is 0.233 e. The van der Waals surface area contributed by atoms with E-state index in [-0.39, 0.29) is 5.82 Å². The summed E-state index contributed by atoms with van der Waals surface area (Å²) >= 11 is 2.09. The van der Waals surface area contributed by atoms with E-state index in [0.29, 0.717) is 0 Å². The van der Waals surface area contributed by atoms with Crippen LogP contribution in [-0.4, -0.2) is 9.97 Å². The molecule has 0 aromatic carbocycles. The molecule has 0 radical (unpaired) electrons. The lowest BCUT2D eigenvalue weighted by Gasteiger charge is -1.97. The summed E-state index contributed by atoms with van der Waals surface area (Å²) in [5, 5.41) is 8.58. The van der Waals surface area contributed by atoms with Crippen molar-refractivity contribution in [1.29, 1.82) is 5.26 Å². The van der Waals surface area contributed by atoms with Gasteiger partial charge in [-0.15, -0.1) is 0 Å². The van der Waals surface area contributed by atoms with Gasteiger partial charge in [-0.1, -0.05) is 13.3 Å². The maximum absolute atomic E-state index is 8.58. The van der Waals surface area contributed by atoms with Gasteiger partial charge in [0.2, 0.25) is 5.82 Å². The van der Waals surface area contributed by atoms with Crippen molar-refractivity contribution in [2.75, 3.05) is 0 Å². The predicted molar refractivity (Wildman–Crippen MR) is 53.5 cm³/mol. The SMILES string of the molecule is CCCc1cc(I)nc(C#N)n1. The zero-order valence-corrected chi connectivity index (χ0v) is 8.87. The Bertz CT molecular complexity index is 317. The Kier molecular flexibility index (Phi) is 3.41. The van der Waals surface area contributed by atoms with E-state index in [1.165, 1.54) is 0 Å². The minimum absolute atomic E-state index is 0.269. The molecule has 1 heterocycles. The third-order valence-corrected chi connectivity index (χ3v) is 1.91. The maximum atomic E-state index is 8.58. The molecule has 0 saturated heterocycles. The van der Waals surface area contributed by atoms with Gasteiger partial charge in [0.15, 0.2) is 0 Å². The molecular weight excluding hydrogens is 265 g/mol. The van der Waals surface area contributed by atoms with E-state index in [1.807, 2.05) is 12.1 Å². The fourth-order valence-electron chi connectivity index (χ4n) is 0.898. The van der Waals surface area contributed by atoms with Crippen LogP contribution < -0.4 is 0 Å². The van der Waals surface area contributed by atoms with E-state index in [1.54, 1.807) is 0 Å². The number of halogens is 1. The molecule has 1 aromatic heterocycles. The number of nitrogens with zero attached hydrogens (tertiary/aromatic N) is 3. The van der Waals surface area contributed by atoms with Crippen LogP contribution in [0.3, 0.4) is 0 Å². The van der Waals surface area contributed by atoms with Crippen LogP contribution in [0.1, 0.15) is 24.9 Å². The molecule has 0 aliphatic heterocycles. The van der Waals surface area contributed by atoms with E-state index in [0.717, 1.165) is 22.2 Å². The van der Waals surface area contributed by atoms with Crippen molar-refractivity contribution < 1.29 is 0 Å². The second-order valence-electron chi connectivity index (χ2n) is 2.37. The Morgan fingerprint density at radius 1 is 1.58 bits per heavy atom. The highest BCUT2D eigenvalue weighted by molar-refractivity contribution is 14.1. The molecule has 1 rings (SSSR count). The number of hydrogen-bond acceptors (Lipinski definition) is 3. The Hall–Kier alpha value is -0.700. The summed E-state index contributed by atoms with van der Waals surface area (Å²) in [5.74, 6) is 0.269. The van der Waals surface area contributed by atoms with Crippen molar-refractivity contribution >= 4 is 22.6 Å². The number of nitriles is 1. The quantitative estimate of drug-likeness (QED) is 0.611. The topological polar surface area (TPSA) is 49.6 Å². The standard InChI is InChI=1S/C8H8IN3/c1-2-3-6-4-7(9)12-8(5-10)11-6/h4H,2-3H2,1H3. The van der Waals surface area contributed by atoms with Crippen LogP contribution in [0.5, 0.6) is 0 Å². The third-order valence-electron chi connectivity index (χ3n) is 1.35. The first-order valence-electron chi connectivity index (χ1n) is 3.70. The minimum Gasteiger partial charge on any atom is -0.224 e. The highest BCUT2D eigenvalue weighted by atomic mass is 127. The van der Waals surface area contributed by atoms with Crippen molar-refractivity contribution in [2.45, 2.75) is 19.8 Å². The van der Waals surface area contributed by atoms with Gasteiger partial charge in [0.05, 0.1) is 0 Å². The smallest absolute Gasteiger partial charge is 0.224 e. The number of aryl methyl sites for hydroxylation is 1. The lowest BCUT2D eigenvalue weighted by Crippen LogP contribution is -1.97. The highest BCUT2D eigenvalue weighted by Gasteiger charge is 2.00. The fraction of sp³-hybridized carbons (Fsp3) is 0.375. The largest absolute Gasteiger partial charge is 0.233 e. The van der Waals surface area contributed by atoms with Gasteiger partial charge < -0.3 is 0 Å². The van der Waals surface area contributed by atoms with Gasteiger partial charge in [-0.05, 0) is 35.1 Å². The Balaban J connectivity index is 3.00. The van der Waals surface area contributed by atoms with Gasteiger partial charge in [0.25, 0.3) is 0 Å². The summed E-state index contributed by atoms with van der Waals surface area (Å²) in [6, 6.07) is 3.85. The van der Waals surface area contributed by atoms with Gasteiger partial charge in [-0.3, -0.25) is 0 Å². The zero-order valence-electron chi connectivity index (χ0n) is 6.71. The second kappa shape index (κ2) is 4.36. The summed E-state index contributed by atoms with van der Waals surface area (Å²) in [7, 11) is 0. The van der Waals surface area contributed by atoms with Crippen LogP contribution >= 0.6 is 22.6 Å². The van der Waals surface area contributed by atoms with Crippen molar-refractivity contribution in [2.24, 2.45) is 0 Å². The molecule has 0 bridgehead atoms. The first-order valence-corrected chi connectivity index (χ1v) is 4.77. The first kappa shape index (κ1) is 9.39. The summed E-state index contributed by atoms with van der Waals surface area (Å²) in [4.78, 5) is 8.01. The molecule has 12 heavy (non-hydrogen) atoms. The molecule has 0 N–H and O–H groups in total. The normalized spacial score (nSPS) is 9.42.